The summed E-state index contributed by atoms with van der Waals surface area (Å²) >= 11 is 0. The number of nitrogens with zero attached hydrogens (tertiary/aromatic N) is 1. The zero-order chi connectivity index (χ0) is 13.9. The third kappa shape index (κ3) is 3.07. The summed E-state index contributed by atoms with van der Waals surface area (Å²) in [4.78, 5) is 2.52. The molecule has 20 heavy (non-hydrogen) atoms. The van der Waals surface area contributed by atoms with Crippen LogP contribution in [0.5, 0.6) is 0 Å². The largest absolute Gasteiger partial charge is 0.330 e. The molecule has 2 nitrogen and oxygen atoms in total. The van der Waals surface area contributed by atoms with Crippen LogP contribution in [0.4, 0.5) is 0 Å². The van der Waals surface area contributed by atoms with Crippen molar-refractivity contribution < 1.29 is 0 Å². The Morgan fingerprint density at radius 2 is 2.00 bits per heavy atom. The molecule has 0 aliphatic heterocycles. The van der Waals surface area contributed by atoms with Gasteiger partial charge in [-0.25, -0.2) is 0 Å². The minimum absolute atomic E-state index is 0.472. The van der Waals surface area contributed by atoms with Crippen LogP contribution in [0.15, 0.2) is 30.3 Å². The van der Waals surface area contributed by atoms with Gasteiger partial charge in [0.25, 0.3) is 0 Å². The summed E-state index contributed by atoms with van der Waals surface area (Å²) in [6.45, 7) is 3.10. The van der Waals surface area contributed by atoms with E-state index < -0.39 is 0 Å². The van der Waals surface area contributed by atoms with Gasteiger partial charge in [-0.2, -0.15) is 0 Å². The highest BCUT2D eigenvalue weighted by atomic mass is 15.1. The Morgan fingerprint density at radius 3 is 2.60 bits per heavy atom. The summed E-state index contributed by atoms with van der Waals surface area (Å²) in [6.07, 6.45) is 5.98. The van der Waals surface area contributed by atoms with Gasteiger partial charge in [0.1, 0.15) is 0 Å². The van der Waals surface area contributed by atoms with E-state index in [1.54, 1.807) is 0 Å². The van der Waals surface area contributed by atoms with Gasteiger partial charge in [0.05, 0.1) is 0 Å². The molecule has 4 unspecified atom stereocenters. The number of fused-ring (bicyclic) bond motifs is 2. The zero-order valence-electron chi connectivity index (χ0n) is 12.7. The second-order valence-corrected chi connectivity index (χ2v) is 7.00. The Hall–Kier alpha value is -0.860. The van der Waals surface area contributed by atoms with Crippen molar-refractivity contribution in [2.75, 3.05) is 26.7 Å². The molecule has 0 spiro atoms. The summed E-state index contributed by atoms with van der Waals surface area (Å²) in [6, 6.07) is 10.7. The van der Waals surface area contributed by atoms with Crippen LogP contribution in [-0.4, -0.2) is 31.6 Å². The summed E-state index contributed by atoms with van der Waals surface area (Å²) in [5, 5.41) is 0. The lowest BCUT2D eigenvalue weighted by Gasteiger charge is -2.29. The van der Waals surface area contributed by atoms with E-state index in [1.165, 1.54) is 37.8 Å². The van der Waals surface area contributed by atoms with Crippen LogP contribution in [0.3, 0.4) is 0 Å². The van der Waals surface area contributed by atoms with Crippen molar-refractivity contribution in [3.63, 3.8) is 0 Å². The predicted molar refractivity (Wildman–Crippen MR) is 84.7 cm³/mol. The minimum Gasteiger partial charge on any atom is -0.330 e. The molecule has 0 heterocycles. The van der Waals surface area contributed by atoms with Crippen LogP contribution in [0.25, 0.3) is 0 Å². The molecule has 0 aromatic heterocycles. The fourth-order valence-corrected chi connectivity index (χ4v) is 4.49. The van der Waals surface area contributed by atoms with Crippen molar-refractivity contribution in [3.8, 4) is 0 Å². The fourth-order valence-electron chi connectivity index (χ4n) is 4.49. The first kappa shape index (κ1) is 14.1. The SMILES string of the molecule is CN(CC(CN)c1ccccc1)CC1CC2CCC1C2. The maximum absolute atomic E-state index is 6.00. The van der Waals surface area contributed by atoms with Gasteiger partial charge in [0.2, 0.25) is 0 Å². The quantitative estimate of drug-likeness (QED) is 0.862. The molecule has 2 bridgehead atoms. The Morgan fingerprint density at radius 1 is 1.20 bits per heavy atom. The molecular weight excluding hydrogens is 244 g/mol. The molecule has 2 heteroatoms. The van der Waals surface area contributed by atoms with Crippen LogP contribution in [0.2, 0.25) is 0 Å². The molecule has 1 aromatic rings. The molecule has 2 aliphatic rings. The molecule has 0 radical (unpaired) electrons. The molecule has 2 fully saturated rings. The van der Waals surface area contributed by atoms with Crippen molar-refractivity contribution in [2.24, 2.45) is 23.5 Å². The van der Waals surface area contributed by atoms with E-state index in [0.717, 1.165) is 30.8 Å². The lowest BCUT2D eigenvalue weighted by molar-refractivity contribution is 0.212. The highest BCUT2D eigenvalue weighted by molar-refractivity contribution is 5.20. The van der Waals surface area contributed by atoms with Gasteiger partial charge in [-0.05, 0) is 49.6 Å². The second kappa shape index (κ2) is 6.28. The molecule has 4 atom stereocenters. The monoisotopic (exact) mass is 272 g/mol. The summed E-state index contributed by atoms with van der Waals surface area (Å²) in [7, 11) is 2.28. The maximum Gasteiger partial charge on any atom is 0.00887 e. The van der Waals surface area contributed by atoms with Crippen molar-refractivity contribution >= 4 is 0 Å². The summed E-state index contributed by atoms with van der Waals surface area (Å²) < 4.78 is 0. The average Bonchev–Trinajstić information content (AvgIpc) is 3.08. The smallest absolute Gasteiger partial charge is 0.00887 e. The molecule has 1 aromatic carbocycles. The van der Waals surface area contributed by atoms with Gasteiger partial charge in [0.15, 0.2) is 0 Å². The van der Waals surface area contributed by atoms with E-state index in [-0.39, 0.29) is 0 Å². The molecule has 3 rings (SSSR count). The number of benzene rings is 1. The van der Waals surface area contributed by atoms with Gasteiger partial charge >= 0.3 is 0 Å². The molecular formula is C18H28N2. The van der Waals surface area contributed by atoms with Crippen LogP contribution in [-0.2, 0) is 0 Å². The molecule has 2 N–H and O–H groups in total. The van der Waals surface area contributed by atoms with Gasteiger partial charge in [-0.1, -0.05) is 36.8 Å². The number of hydrogen-bond acceptors (Lipinski definition) is 2. The topological polar surface area (TPSA) is 29.3 Å². The van der Waals surface area contributed by atoms with Crippen molar-refractivity contribution in [2.45, 2.75) is 31.6 Å². The Balaban J connectivity index is 1.53. The zero-order valence-corrected chi connectivity index (χ0v) is 12.7. The Labute approximate surface area is 123 Å². The fraction of sp³-hybridized carbons (Fsp3) is 0.667. The van der Waals surface area contributed by atoms with E-state index in [2.05, 4.69) is 42.3 Å². The van der Waals surface area contributed by atoms with E-state index in [0.29, 0.717) is 5.92 Å². The van der Waals surface area contributed by atoms with Crippen molar-refractivity contribution in [1.29, 1.82) is 0 Å². The van der Waals surface area contributed by atoms with Crippen LogP contribution >= 0.6 is 0 Å². The highest BCUT2D eigenvalue weighted by Gasteiger charge is 2.39. The maximum atomic E-state index is 6.00. The normalized spacial score (nSPS) is 30.1. The third-order valence-corrected chi connectivity index (χ3v) is 5.52. The Bertz CT molecular complexity index is 417. The number of rotatable bonds is 6. The van der Waals surface area contributed by atoms with E-state index in [1.807, 2.05) is 0 Å². The molecule has 2 saturated carbocycles. The molecule has 110 valence electrons. The molecule has 0 saturated heterocycles. The van der Waals surface area contributed by atoms with Gasteiger partial charge in [-0.15, -0.1) is 0 Å². The predicted octanol–water partition coefficient (Wildman–Crippen LogP) is 3.10. The second-order valence-electron chi connectivity index (χ2n) is 7.00. The molecule has 2 aliphatic carbocycles. The minimum atomic E-state index is 0.472. The first-order valence-electron chi connectivity index (χ1n) is 8.19. The first-order chi connectivity index (χ1) is 9.76. The molecule has 0 amide bonds. The van der Waals surface area contributed by atoms with Crippen LogP contribution in [0, 0.1) is 17.8 Å². The number of hydrogen-bond donors (Lipinski definition) is 1. The van der Waals surface area contributed by atoms with E-state index in [4.69, 9.17) is 5.73 Å². The first-order valence-corrected chi connectivity index (χ1v) is 8.19. The third-order valence-electron chi connectivity index (χ3n) is 5.52. The number of nitrogens with two attached hydrogens (primary N) is 1. The highest BCUT2D eigenvalue weighted by Crippen LogP contribution is 2.48. The van der Waals surface area contributed by atoms with Crippen LogP contribution in [0.1, 0.15) is 37.2 Å². The standard InChI is InChI=1S/C18H28N2/c1-20(12-17-10-14-7-8-16(17)9-14)13-18(11-19)15-5-3-2-4-6-15/h2-6,14,16-18H,7-13,19H2,1H3. The van der Waals surface area contributed by atoms with Crippen LogP contribution < -0.4 is 5.73 Å². The van der Waals surface area contributed by atoms with Gasteiger partial charge in [-0.3, -0.25) is 0 Å². The number of likely N-dealkylation sites (N-methyl/N-ethyl adjacent to an activating group) is 1. The lowest BCUT2D eigenvalue weighted by atomic mass is 9.88. The summed E-state index contributed by atoms with van der Waals surface area (Å²) in [5.74, 6) is 3.50. The van der Waals surface area contributed by atoms with Gasteiger partial charge in [0, 0.05) is 25.6 Å². The Kier molecular flexibility index (Phi) is 4.42. The lowest BCUT2D eigenvalue weighted by Crippen LogP contribution is -2.34. The van der Waals surface area contributed by atoms with E-state index in [9.17, 15) is 0 Å². The summed E-state index contributed by atoms with van der Waals surface area (Å²) in [5.41, 5.74) is 7.38. The van der Waals surface area contributed by atoms with E-state index >= 15 is 0 Å². The van der Waals surface area contributed by atoms with Crippen molar-refractivity contribution in [1.82, 2.24) is 4.90 Å². The van der Waals surface area contributed by atoms with Crippen molar-refractivity contribution in [3.05, 3.63) is 35.9 Å². The van der Waals surface area contributed by atoms with Gasteiger partial charge < -0.3 is 10.6 Å². The average molecular weight is 272 g/mol.